The number of carbonyl (C=O) groups is 3. The number of hydrogen-bond donors (Lipinski definition) is 3. The highest BCUT2D eigenvalue weighted by molar-refractivity contribution is 5.87. The highest BCUT2D eigenvalue weighted by Gasteiger charge is 2.20. The summed E-state index contributed by atoms with van der Waals surface area (Å²) in [6.07, 6.45) is 3.43. The molecule has 0 aromatic rings. The van der Waals surface area contributed by atoms with E-state index in [1.54, 1.807) is 0 Å². The molecule has 0 aromatic carbocycles. The van der Waals surface area contributed by atoms with Crippen LogP contribution in [0.2, 0.25) is 0 Å². The van der Waals surface area contributed by atoms with Gasteiger partial charge in [0.1, 0.15) is 0 Å². The zero-order valence-electron chi connectivity index (χ0n) is 14.5. The number of hydrogen-bond acceptors (Lipinski definition) is 7. The van der Waals surface area contributed by atoms with Gasteiger partial charge in [0.05, 0.1) is 26.9 Å². The normalized spacial score (nSPS) is 11.5. The van der Waals surface area contributed by atoms with Gasteiger partial charge in [-0.25, -0.2) is 15.5 Å². The summed E-state index contributed by atoms with van der Waals surface area (Å²) in [5.74, 6) is 4.90. The Morgan fingerprint density at radius 2 is 1.67 bits per heavy atom. The van der Waals surface area contributed by atoms with E-state index < -0.39 is 18.2 Å². The molecule has 4 N–H and O–H groups in total. The molecule has 9 nitrogen and oxygen atoms in total. The SMILES string of the molecule is COC(=O)NCCCC[C@H](NC(=O)OC)C(=O)CCCCCON. The minimum atomic E-state index is -0.627. The van der Waals surface area contributed by atoms with Gasteiger partial charge in [-0.2, -0.15) is 0 Å². The van der Waals surface area contributed by atoms with Gasteiger partial charge in [-0.15, -0.1) is 0 Å². The van der Waals surface area contributed by atoms with E-state index in [1.807, 2.05) is 0 Å². The summed E-state index contributed by atoms with van der Waals surface area (Å²) in [5, 5.41) is 5.12. The molecule has 0 aliphatic carbocycles. The Bertz CT molecular complexity index is 378. The summed E-state index contributed by atoms with van der Waals surface area (Å²) < 4.78 is 9.02. The lowest BCUT2D eigenvalue weighted by Gasteiger charge is -2.17. The molecule has 0 saturated carbocycles. The number of amides is 2. The number of nitrogens with two attached hydrogens (primary N) is 1. The van der Waals surface area contributed by atoms with Crippen LogP contribution in [0.1, 0.15) is 44.9 Å². The monoisotopic (exact) mass is 347 g/mol. The summed E-state index contributed by atoms with van der Waals surface area (Å²) in [6, 6.07) is -0.582. The number of ether oxygens (including phenoxy) is 2. The minimum absolute atomic E-state index is 0.0324. The van der Waals surface area contributed by atoms with Crippen molar-refractivity contribution in [2.45, 2.75) is 51.0 Å². The molecule has 0 saturated heterocycles. The Balaban J connectivity index is 4.14. The maximum Gasteiger partial charge on any atom is 0.407 e. The zero-order chi connectivity index (χ0) is 18.2. The molecule has 0 spiro atoms. The first kappa shape index (κ1) is 22.1. The molecular weight excluding hydrogens is 318 g/mol. The number of carbonyl (C=O) groups excluding carboxylic acids is 3. The summed E-state index contributed by atoms with van der Waals surface area (Å²) in [4.78, 5) is 39.0. The van der Waals surface area contributed by atoms with Crippen molar-refractivity contribution in [1.29, 1.82) is 0 Å². The lowest BCUT2D eigenvalue weighted by molar-refractivity contribution is -0.121. The van der Waals surface area contributed by atoms with E-state index in [4.69, 9.17) is 5.90 Å². The molecule has 9 heteroatoms. The number of ketones is 1. The minimum Gasteiger partial charge on any atom is -0.453 e. The fourth-order valence-electron chi connectivity index (χ4n) is 2.09. The van der Waals surface area contributed by atoms with Gasteiger partial charge in [-0.3, -0.25) is 4.79 Å². The van der Waals surface area contributed by atoms with Gasteiger partial charge >= 0.3 is 12.2 Å². The molecule has 0 aliphatic rings. The van der Waals surface area contributed by atoms with Gasteiger partial charge in [-0.1, -0.05) is 6.42 Å². The van der Waals surface area contributed by atoms with Crippen LogP contribution < -0.4 is 16.5 Å². The molecule has 0 heterocycles. The second-order valence-electron chi connectivity index (χ2n) is 5.25. The Morgan fingerprint density at radius 3 is 2.29 bits per heavy atom. The Kier molecular flexibility index (Phi) is 13.6. The molecule has 0 radical (unpaired) electrons. The summed E-state index contributed by atoms with van der Waals surface area (Å²) in [5.41, 5.74) is 0. The van der Waals surface area contributed by atoms with E-state index in [1.165, 1.54) is 14.2 Å². The highest BCUT2D eigenvalue weighted by Crippen LogP contribution is 2.08. The van der Waals surface area contributed by atoms with E-state index in [-0.39, 0.29) is 5.78 Å². The Hall–Kier alpha value is -1.87. The summed E-state index contributed by atoms with van der Waals surface area (Å²) in [7, 11) is 2.55. The van der Waals surface area contributed by atoms with Gasteiger partial charge in [0.2, 0.25) is 0 Å². The fraction of sp³-hybridized carbons (Fsp3) is 0.800. The molecule has 0 unspecified atom stereocenters. The third-order valence-electron chi connectivity index (χ3n) is 3.43. The standard InChI is InChI=1S/C15H29N3O6/c1-22-14(20)17-10-6-5-8-12(18-15(21)23-2)13(19)9-4-3-7-11-24-16/h12H,3-11,16H2,1-2H3,(H,17,20)(H,18,21)/t12-/m0/s1. The number of nitrogens with one attached hydrogen (secondary N) is 2. The van der Waals surface area contributed by atoms with E-state index >= 15 is 0 Å². The highest BCUT2D eigenvalue weighted by atomic mass is 16.6. The second kappa shape index (κ2) is 14.7. The molecule has 1 atom stereocenters. The maximum atomic E-state index is 12.2. The van der Waals surface area contributed by atoms with Crippen molar-refractivity contribution in [1.82, 2.24) is 10.6 Å². The van der Waals surface area contributed by atoms with Crippen molar-refractivity contribution >= 4 is 18.0 Å². The van der Waals surface area contributed by atoms with Crippen LogP contribution in [0.25, 0.3) is 0 Å². The summed E-state index contributed by atoms with van der Waals surface area (Å²) in [6.45, 7) is 0.913. The third kappa shape index (κ3) is 11.7. The molecule has 0 bridgehead atoms. The van der Waals surface area contributed by atoms with E-state index in [9.17, 15) is 14.4 Å². The van der Waals surface area contributed by atoms with Gasteiger partial charge in [-0.05, 0) is 32.1 Å². The van der Waals surface area contributed by atoms with Crippen LogP contribution in [0.3, 0.4) is 0 Å². The van der Waals surface area contributed by atoms with Crippen molar-refractivity contribution in [3.8, 4) is 0 Å². The predicted octanol–water partition coefficient (Wildman–Crippen LogP) is 1.26. The van der Waals surface area contributed by atoms with Gasteiger partial charge in [0, 0.05) is 13.0 Å². The first-order valence-electron chi connectivity index (χ1n) is 8.05. The smallest absolute Gasteiger partial charge is 0.407 e. The average Bonchev–Trinajstić information content (AvgIpc) is 2.59. The van der Waals surface area contributed by atoms with Crippen LogP contribution in [0.5, 0.6) is 0 Å². The molecule has 0 rings (SSSR count). The van der Waals surface area contributed by atoms with E-state index in [0.717, 1.165) is 12.8 Å². The van der Waals surface area contributed by atoms with Crippen molar-refractivity contribution in [2.24, 2.45) is 5.90 Å². The fourth-order valence-corrected chi connectivity index (χ4v) is 2.09. The lowest BCUT2D eigenvalue weighted by atomic mass is 10.0. The Labute approximate surface area is 142 Å². The number of methoxy groups -OCH3 is 2. The van der Waals surface area contributed by atoms with Crippen molar-refractivity contribution in [2.75, 3.05) is 27.4 Å². The zero-order valence-corrected chi connectivity index (χ0v) is 14.5. The van der Waals surface area contributed by atoms with Gasteiger partial charge in [0.15, 0.2) is 5.78 Å². The van der Waals surface area contributed by atoms with Crippen LogP contribution in [0, 0.1) is 0 Å². The van der Waals surface area contributed by atoms with Gasteiger partial charge in [0.25, 0.3) is 0 Å². The average molecular weight is 347 g/mol. The quantitative estimate of drug-likeness (QED) is 0.338. The van der Waals surface area contributed by atoms with Gasteiger partial charge < -0.3 is 24.9 Å². The molecule has 0 fully saturated rings. The Morgan fingerprint density at radius 1 is 0.958 bits per heavy atom. The summed E-state index contributed by atoms with van der Waals surface area (Å²) >= 11 is 0. The third-order valence-corrected chi connectivity index (χ3v) is 3.43. The molecule has 0 aromatic heterocycles. The number of alkyl carbamates (subject to hydrolysis) is 2. The van der Waals surface area contributed by atoms with Crippen molar-refractivity contribution in [3.05, 3.63) is 0 Å². The second-order valence-corrected chi connectivity index (χ2v) is 5.25. The van der Waals surface area contributed by atoms with E-state index in [0.29, 0.717) is 45.3 Å². The maximum absolute atomic E-state index is 12.2. The number of Topliss-reactive ketones (excluding diaryl/α,β-unsaturated/α-hetero) is 1. The van der Waals surface area contributed by atoms with Crippen molar-refractivity contribution < 1.29 is 28.7 Å². The van der Waals surface area contributed by atoms with Crippen LogP contribution >= 0.6 is 0 Å². The van der Waals surface area contributed by atoms with E-state index in [2.05, 4.69) is 24.9 Å². The van der Waals surface area contributed by atoms with Crippen LogP contribution in [-0.2, 0) is 19.1 Å². The number of rotatable bonds is 13. The predicted molar refractivity (Wildman–Crippen MR) is 87.2 cm³/mol. The number of unbranched alkanes of at least 4 members (excludes halogenated alkanes) is 3. The first-order valence-corrected chi connectivity index (χ1v) is 8.05. The van der Waals surface area contributed by atoms with Crippen LogP contribution in [0.4, 0.5) is 9.59 Å². The molecule has 2 amide bonds. The van der Waals surface area contributed by atoms with Crippen LogP contribution in [0.15, 0.2) is 0 Å². The topological polar surface area (TPSA) is 129 Å². The first-order chi connectivity index (χ1) is 11.5. The molecular formula is C15H29N3O6. The lowest BCUT2D eigenvalue weighted by Crippen LogP contribution is -2.40. The molecule has 0 aliphatic heterocycles. The molecule has 140 valence electrons. The largest absolute Gasteiger partial charge is 0.453 e. The van der Waals surface area contributed by atoms with Crippen LogP contribution in [-0.4, -0.2) is 51.4 Å². The van der Waals surface area contributed by atoms with Crippen molar-refractivity contribution in [3.63, 3.8) is 0 Å². The molecule has 24 heavy (non-hydrogen) atoms.